The number of fused-ring (bicyclic) bond motifs is 2. The molecule has 0 aliphatic heterocycles. The zero-order chi connectivity index (χ0) is 14.1. The third kappa shape index (κ3) is 2.80. The Hall–Kier alpha value is -1.16. The minimum absolute atomic E-state index is 0.165. The molecule has 3 atom stereocenters. The molecule has 2 nitrogen and oxygen atoms in total. The van der Waals surface area contributed by atoms with Gasteiger partial charge in [0.2, 0.25) is 0 Å². The predicted molar refractivity (Wildman–Crippen MR) is 82.8 cm³/mol. The van der Waals surface area contributed by atoms with Gasteiger partial charge in [-0.15, -0.1) is 0 Å². The summed E-state index contributed by atoms with van der Waals surface area (Å²) in [5.41, 5.74) is 0.687. The molecule has 3 rings (SSSR count). The summed E-state index contributed by atoms with van der Waals surface area (Å²) in [5, 5.41) is 4.23. The van der Waals surface area contributed by atoms with Crippen LogP contribution < -0.4 is 5.32 Å². The molecule has 20 heavy (non-hydrogen) atoms. The zero-order valence-electron chi connectivity index (χ0n) is 11.8. The van der Waals surface area contributed by atoms with Crippen molar-refractivity contribution in [1.82, 2.24) is 10.2 Å². The Kier molecular flexibility index (Phi) is 3.92. The molecule has 0 heterocycles. The minimum Gasteiger partial charge on any atom is -0.360 e. The lowest BCUT2D eigenvalue weighted by Crippen LogP contribution is -2.44. The van der Waals surface area contributed by atoms with Crippen LogP contribution in [0.2, 0.25) is 0 Å². The van der Waals surface area contributed by atoms with E-state index in [9.17, 15) is 4.39 Å². The average Bonchev–Trinajstić information content (AvgIpc) is 3.03. The number of nitrogens with zero attached hydrogens (tertiary/aromatic N) is 1. The Morgan fingerprint density at radius 3 is 2.80 bits per heavy atom. The fraction of sp³-hybridized carbons (Fsp3) is 0.562. The van der Waals surface area contributed by atoms with Gasteiger partial charge in [0.15, 0.2) is 5.11 Å². The summed E-state index contributed by atoms with van der Waals surface area (Å²) < 4.78 is 13.7. The van der Waals surface area contributed by atoms with Crippen molar-refractivity contribution in [2.24, 2.45) is 11.8 Å². The van der Waals surface area contributed by atoms with E-state index in [1.165, 1.54) is 31.7 Å². The number of rotatable bonds is 3. The Labute approximate surface area is 125 Å². The maximum atomic E-state index is 13.7. The third-order valence-corrected chi connectivity index (χ3v) is 5.19. The summed E-state index contributed by atoms with van der Waals surface area (Å²) >= 11 is 5.46. The molecule has 2 aliphatic carbocycles. The number of thiocarbonyl (C=S) groups is 1. The van der Waals surface area contributed by atoms with Gasteiger partial charge in [0.1, 0.15) is 5.82 Å². The highest BCUT2D eigenvalue weighted by Gasteiger charge is 2.39. The predicted octanol–water partition coefficient (Wildman–Crippen LogP) is 3.32. The first-order valence-corrected chi connectivity index (χ1v) is 7.79. The molecule has 0 saturated heterocycles. The number of benzene rings is 1. The molecule has 1 N–H and O–H groups in total. The van der Waals surface area contributed by atoms with Crippen LogP contribution in [0.5, 0.6) is 0 Å². The molecule has 108 valence electrons. The van der Waals surface area contributed by atoms with Crippen LogP contribution in [0.1, 0.15) is 31.2 Å². The van der Waals surface area contributed by atoms with Crippen LogP contribution in [0, 0.1) is 17.7 Å². The van der Waals surface area contributed by atoms with E-state index < -0.39 is 0 Å². The first-order valence-electron chi connectivity index (χ1n) is 7.38. The molecule has 0 amide bonds. The number of nitrogens with one attached hydrogen (secondary N) is 1. The summed E-state index contributed by atoms with van der Waals surface area (Å²) in [6, 6.07) is 7.41. The Balaban J connectivity index is 1.56. The third-order valence-electron chi connectivity index (χ3n) is 4.76. The van der Waals surface area contributed by atoms with Gasteiger partial charge in [-0.1, -0.05) is 24.6 Å². The highest BCUT2D eigenvalue weighted by molar-refractivity contribution is 7.80. The molecule has 0 radical (unpaired) electrons. The van der Waals surface area contributed by atoms with Crippen LogP contribution in [0.3, 0.4) is 0 Å². The smallest absolute Gasteiger partial charge is 0.169 e. The summed E-state index contributed by atoms with van der Waals surface area (Å²) in [7, 11) is 1.93. The maximum Gasteiger partial charge on any atom is 0.169 e. The fourth-order valence-corrected chi connectivity index (χ4v) is 3.86. The summed E-state index contributed by atoms with van der Waals surface area (Å²) in [5.74, 6) is 1.53. The molecule has 2 aliphatic rings. The van der Waals surface area contributed by atoms with E-state index in [4.69, 9.17) is 12.2 Å². The Morgan fingerprint density at radius 2 is 2.15 bits per heavy atom. The largest absolute Gasteiger partial charge is 0.360 e. The van der Waals surface area contributed by atoms with Crippen LogP contribution >= 0.6 is 12.2 Å². The molecular formula is C16H21FN2S. The van der Waals surface area contributed by atoms with Crippen molar-refractivity contribution in [2.45, 2.75) is 38.3 Å². The van der Waals surface area contributed by atoms with Gasteiger partial charge in [-0.25, -0.2) is 4.39 Å². The number of halogens is 1. The van der Waals surface area contributed by atoms with Crippen LogP contribution in [-0.4, -0.2) is 23.1 Å². The summed E-state index contributed by atoms with van der Waals surface area (Å²) in [4.78, 5) is 1.93. The van der Waals surface area contributed by atoms with Crippen LogP contribution in [-0.2, 0) is 6.54 Å². The topological polar surface area (TPSA) is 15.3 Å². The molecule has 3 unspecified atom stereocenters. The first-order chi connectivity index (χ1) is 9.63. The molecule has 1 aromatic rings. The van der Waals surface area contributed by atoms with Gasteiger partial charge in [0.25, 0.3) is 0 Å². The van der Waals surface area contributed by atoms with Gasteiger partial charge in [0.05, 0.1) is 0 Å². The second kappa shape index (κ2) is 5.68. The van der Waals surface area contributed by atoms with Crippen molar-refractivity contribution < 1.29 is 4.39 Å². The normalized spacial score (nSPS) is 27.6. The van der Waals surface area contributed by atoms with Gasteiger partial charge in [-0.3, -0.25) is 0 Å². The summed E-state index contributed by atoms with van der Waals surface area (Å²) in [6.07, 6.45) is 5.33. The van der Waals surface area contributed by atoms with Crippen molar-refractivity contribution >= 4 is 17.3 Å². The lowest BCUT2D eigenvalue weighted by molar-refractivity contribution is 0.372. The highest BCUT2D eigenvalue weighted by atomic mass is 32.1. The van der Waals surface area contributed by atoms with Gasteiger partial charge in [0, 0.05) is 25.2 Å². The van der Waals surface area contributed by atoms with E-state index in [0.717, 1.165) is 16.9 Å². The molecule has 2 fully saturated rings. The Morgan fingerprint density at radius 1 is 1.35 bits per heavy atom. The van der Waals surface area contributed by atoms with Crippen LogP contribution in [0.25, 0.3) is 0 Å². The van der Waals surface area contributed by atoms with E-state index in [1.807, 2.05) is 24.1 Å². The molecular weight excluding hydrogens is 271 g/mol. The van der Waals surface area contributed by atoms with Crippen molar-refractivity contribution in [3.05, 3.63) is 35.6 Å². The van der Waals surface area contributed by atoms with Crippen molar-refractivity contribution in [2.75, 3.05) is 7.05 Å². The van der Waals surface area contributed by atoms with Crippen molar-refractivity contribution in [3.63, 3.8) is 0 Å². The average molecular weight is 292 g/mol. The number of hydrogen-bond donors (Lipinski definition) is 1. The molecule has 2 bridgehead atoms. The second-order valence-electron chi connectivity index (χ2n) is 6.18. The van der Waals surface area contributed by atoms with E-state index in [-0.39, 0.29) is 5.82 Å². The molecule has 4 heteroatoms. The van der Waals surface area contributed by atoms with E-state index in [0.29, 0.717) is 18.2 Å². The molecule has 1 aromatic carbocycles. The SMILES string of the molecule is CN(Cc1ccccc1F)C(=S)NC1CC2CCC1C2. The van der Waals surface area contributed by atoms with E-state index in [2.05, 4.69) is 5.32 Å². The van der Waals surface area contributed by atoms with Crippen molar-refractivity contribution in [3.8, 4) is 0 Å². The molecule has 0 spiro atoms. The highest BCUT2D eigenvalue weighted by Crippen LogP contribution is 2.44. The fourth-order valence-electron chi connectivity index (χ4n) is 3.64. The van der Waals surface area contributed by atoms with Crippen LogP contribution in [0.4, 0.5) is 4.39 Å². The summed E-state index contributed by atoms with van der Waals surface area (Å²) in [6.45, 7) is 0.513. The van der Waals surface area contributed by atoms with Gasteiger partial charge < -0.3 is 10.2 Å². The van der Waals surface area contributed by atoms with E-state index >= 15 is 0 Å². The number of hydrogen-bond acceptors (Lipinski definition) is 1. The Bertz CT molecular complexity index is 505. The monoisotopic (exact) mass is 292 g/mol. The second-order valence-corrected chi connectivity index (χ2v) is 6.57. The van der Waals surface area contributed by atoms with E-state index in [1.54, 1.807) is 6.07 Å². The van der Waals surface area contributed by atoms with Gasteiger partial charge in [-0.2, -0.15) is 0 Å². The lowest BCUT2D eigenvalue weighted by Gasteiger charge is -2.28. The first kappa shape index (κ1) is 13.8. The maximum absolute atomic E-state index is 13.7. The standard InChI is InChI=1S/C16H21FN2S/c1-19(10-13-4-2-3-5-14(13)17)16(20)18-15-9-11-6-7-12(15)8-11/h2-5,11-12,15H,6-10H2,1H3,(H,18,20). The minimum atomic E-state index is -0.165. The van der Waals surface area contributed by atoms with Gasteiger partial charge >= 0.3 is 0 Å². The van der Waals surface area contributed by atoms with Gasteiger partial charge in [-0.05, 0) is 49.4 Å². The van der Waals surface area contributed by atoms with Crippen molar-refractivity contribution in [1.29, 1.82) is 0 Å². The molecule has 2 saturated carbocycles. The lowest BCUT2D eigenvalue weighted by atomic mass is 9.95. The molecule has 0 aromatic heterocycles. The van der Waals surface area contributed by atoms with Crippen LogP contribution in [0.15, 0.2) is 24.3 Å². The quantitative estimate of drug-likeness (QED) is 0.860. The zero-order valence-corrected chi connectivity index (χ0v) is 12.6.